The lowest BCUT2D eigenvalue weighted by Crippen LogP contribution is -2.42. The molecule has 0 radical (unpaired) electrons. The lowest BCUT2D eigenvalue weighted by Gasteiger charge is -2.29. The SMILES string of the molecule is CC(CO)(NCc1ccc(Br)cn1)c1ccccc1. The standard InChI is InChI=1S/C15H17BrN2O/c1-15(11-19,12-5-3-2-4-6-12)18-10-14-8-7-13(16)9-17-14/h2-9,18-19H,10-11H2,1H3. The van der Waals surface area contributed by atoms with Crippen molar-refractivity contribution in [2.45, 2.75) is 19.0 Å². The van der Waals surface area contributed by atoms with E-state index in [0.717, 1.165) is 15.7 Å². The smallest absolute Gasteiger partial charge is 0.0652 e. The number of rotatable bonds is 5. The van der Waals surface area contributed by atoms with Crippen LogP contribution in [0.1, 0.15) is 18.2 Å². The van der Waals surface area contributed by atoms with Gasteiger partial charge in [-0.2, -0.15) is 0 Å². The van der Waals surface area contributed by atoms with Crippen molar-refractivity contribution in [3.8, 4) is 0 Å². The van der Waals surface area contributed by atoms with Crippen molar-refractivity contribution in [3.05, 3.63) is 64.4 Å². The minimum absolute atomic E-state index is 0.0353. The first-order valence-corrected chi connectivity index (χ1v) is 6.95. The average molecular weight is 321 g/mol. The molecule has 1 atom stereocenters. The Hall–Kier alpha value is -1.23. The maximum Gasteiger partial charge on any atom is 0.0652 e. The van der Waals surface area contributed by atoms with E-state index in [-0.39, 0.29) is 6.61 Å². The molecule has 3 nitrogen and oxygen atoms in total. The summed E-state index contributed by atoms with van der Waals surface area (Å²) in [7, 11) is 0. The van der Waals surface area contributed by atoms with Crippen LogP contribution in [0.2, 0.25) is 0 Å². The van der Waals surface area contributed by atoms with Crippen LogP contribution in [0, 0.1) is 0 Å². The molecule has 0 spiro atoms. The van der Waals surface area contributed by atoms with Gasteiger partial charge in [-0.3, -0.25) is 4.98 Å². The number of aliphatic hydroxyl groups excluding tert-OH is 1. The number of aromatic nitrogens is 1. The highest BCUT2D eigenvalue weighted by Gasteiger charge is 2.24. The normalized spacial score (nSPS) is 14.1. The van der Waals surface area contributed by atoms with Crippen LogP contribution in [0.4, 0.5) is 0 Å². The summed E-state index contributed by atoms with van der Waals surface area (Å²) in [6, 6.07) is 13.9. The van der Waals surface area contributed by atoms with Gasteiger partial charge in [-0.1, -0.05) is 30.3 Å². The van der Waals surface area contributed by atoms with E-state index in [4.69, 9.17) is 0 Å². The van der Waals surface area contributed by atoms with E-state index in [1.54, 1.807) is 6.20 Å². The molecular weight excluding hydrogens is 304 g/mol. The minimum Gasteiger partial charge on any atom is -0.394 e. The van der Waals surface area contributed by atoms with Crippen molar-refractivity contribution in [2.24, 2.45) is 0 Å². The van der Waals surface area contributed by atoms with Crippen LogP contribution in [0.5, 0.6) is 0 Å². The first kappa shape index (κ1) is 14.2. The molecule has 0 saturated carbocycles. The third-order valence-corrected chi connectivity index (χ3v) is 3.64. The Morgan fingerprint density at radius 2 is 1.95 bits per heavy atom. The number of benzene rings is 1. The average Bonchev–Trinajstić information content (AvgIpc) is 2.47. The molecule has 1 aromatic carbocycles. The van der Waals surface area contributed by atoms with Gasteiger partial charge in [0.15, 0.2) is 0 Å². The Labute approximate surface area is 121 Å². The molecule has 2 rings (SSSR count). The molecule has 1 aromatic heterocycles. The van der Waals surface area contributed by atoms with Gasteiger partial charge >= 0.3 is 0 Å². The summed E-state index contributed by atoms with van der Waals surface area (Å²) in [4.78, 5) is 4.32. The van der Waals surface area contributed by atoms with Gasteiger partial charge in [0.25, 0.3) is 0 Å². The largest absolute Gasteiger partial charge is 0.394 e. The number of halogens is 1. The van der Waals surface area contributed by atoms with Crippen molar-refractivity contribution in [3.63, 3.8) is 0 Å². The molecule has 19 heavy (non-hydrogen) atoms. The molecule has 2 N–H and O–H groups in total. The number of pyridine rings is 1. The topological polar surface area (TPSA) is 45.1 Å². The second-order valence-corrected chi connectivity index (χ2v) is 5.59. The molecule has 0 bridgehead atoms. The summed E-state index contributed by atoms with van der Waals surface area (Å²) in [6.07, 6.45) is 1.77. The molecule has 100 valence electrons. The number of hydrogen-bond donors (Lipinski definition) is 2. The number of hydrogen-bond acceptors (Lipinski definition) is 3. The molecule has 0 aliphatic carbocycles. The fourth-order valence-electron chi connectivity index (χ4n) is 1.85. The number of aliphatic hydroxyl groups is 1. The maximum absolute atomic E-state index is 9.67. The number of nitrogens with one attached hydrogen (secondary N) is 1. The zero-order chi connectivity index (χ0) is 13.7. The summed E-state index contributed by atoms with van der Waals surface area (Å²) in [6.45, 7) is 2.63. The fraction of sp³-hybridized carbons (Fsp3) is 0.267. The Morgan fingerprint density at radius 3 is 2.53 bits per heavy atom. The molecular formula is C15H17BrN2O. The van der Waals surface area contributed by atoms with E-state index in [2.05, 4.69) is 26.2 Å². The van der Waals surface area contributed by atoms with Crippen molar-refractivity contribution >= 4 is 15.9 Å². The molecule has 1 heterocycles. The highest BCUT2D eigenvalue weighted by molar-refractivity contribution is 9.10. The Balaban J connectivity index is 2.09. The van der Waals surface area contributed by atoms with Gasteiger partial charge in [0.2, 0.25) is 0 Å². The molecule has 0 fully saturated rings. The summed E-state index contributed by atoms with van der Waals surface area (Å²) in [5.41, 5.74) is 1.55. The molecule has 0 aliphatic heterocycles. The Morgan fingerprint density at radius 1 is 1.21 bits per heavy atom. The first-order valence-electron chi connectivity index (χ1n) is 6.16. The van der Waals surface area contributed by atoms with Gasteiger partial charge in [-0.15, -0.1) is 0 Å². The van der Waals surface area contributed by atoms with E-state index >= 15 is 0 Å². The van der Waals surface area contributed by atoms with Crippen LogP contribution in [0.3, 0.4) is 0 Å². The van der Waals surface area contributed by atoms with Crippen LogP contribution in [-0.4, -0.2) is 16.7 Å². The number of nitrogens with zero attached hydrogens (tertiary/aromatic N) is 1. The van der Waals surface area contributed by atoms with Crippen LogP contribution in [0.25, 0.3) is 0 Å². The predicted octanol–water partition coefficient (Wildman–Crippen LogP) is 2.84. The van der Waals surface area contributed by atoms with Crippen LogP contribution in [-0.2, 0) is 12.1 Å². The third-order valence-electron chi connectivity index (χ3n) is 3.18. The second-order valence-electron chi connectivity index (χ2n) is 4.68. The first-order chi connectivity index (χ1) is 9.14. The van der Waals surface area contributed by atoms with E-state index in [1.807, 2.05) is 49.4 Å². The zero-order valence-corrected chi connectivity index (χ0v) is 12.4. The zero-order valence-electron chi connectivity index (χ0n) is 10.8. The van der Waals surface area contributed by atoms with Crippen LogP contribution in [0.15, 0.2) is 53.1 Å². The summed E-state index contributed by atoms with van der Waals surface area (Å²) < 4.78 is 0.962. The van der Waals surface area contributed by atoms with E-state index < -0.39 is 5.54 Å². The van der Waals surface area contributed by atoms with E-state index in [9.17, 15) is 5.11 Å². The molecule has 0 amide bonds. The fourth-order valence-corrected chi connectivity index (χ4v) is 2.09. The summed E-state index contributed by atoms with van der Waals surface area (Å²) >= 11 is 3.36. The monoisotopic (exact) mass is 320 g/mol. The van der Waals surface area contributed by atoms with Gasteiger partial charge < -0.3 is 10.4 Å². The third kappa shape index (κ3) is 3.62. The molecule has 1 unspecified atom stereocenters. The highest BCUT2D eigenvalue weighted by atomic mass is 79.9. The van der Waals surface area contributed by atoms with Crippen LogP contribution >= 0.6 is 15.9 Å². The second kappa shape index (κ2) is 6.28. The molecule has 0 saturated heterocycles. The quantitative estimate of drug-likeness (QED) is 0.890. The van der Waals surface area contributed by atoms with Gasteiger partial charge in [-0.05, 0) is 40.5 Å². The maximum atomic E-state index is 9.67. The van der Waals surface area contributed by atoms with Crippen molar-refractivity contribution < 1.29 is 5.11 Å². The molecule has 0 aliphatic rings. The lowest BCUT2D eigenvalue weighted by atomic mass is 9.93. The highest BCUT2D eigenvalue weighted by Crippen LogP contribution is 2.20. The Bertz CT molecular complexity index is 515. The van der Waals surface area contributed by atoms with Gasteiger partial charge in [0.1, 0.15) is 0 Å². The van der Waals surface area contributed by atoms with Gasteiger partial charge in [0, 0.05) is 17.2 Å². The van der Waals surface area contributed by atoms with Crippen molar-refractivity contribution in [1.29, 1.82) is 0 Å². The van der Waals surface area contributed by atoms with Gasteiger partial charge in [-0.25, -0.2) is 0 Å². The van der Waals surface area contributed by atoms with E-state index in [1.165, 1.54) is 0 Å². The van der Waals surface area contributed by atoms with Crippen molar-refractivity contribution in [1.82, 2.24) is 10.3 Å². The summed E-state index contributed by atoms with van der Waals surface area (Å²) in [5, 5.41) is 13.0. The van der Waals surface area contributed by atoms with Gasteiger partial charge in [0.05, 0.1) is 17.8 Å². The van der Waals surface area contributed by atoms with Crippen LogP contribution < -0.4 is 5.32 Å². The molecule has 4 heteroatoms. The predicted molar refractivity (Wildman–Crippen MR) is 79.7 cm³/mol. The van der Waals surface area contributed by atoms with Crippen molar-refractivity contribution in [2.75, 3.05) is 6.61 Å². The van der Waals surface area contributed by atoms with E-state index in [0.29, 0.717) is 6.54 Å². The minimum atomic E-state index is -0.462. The lowest BCUT2D eigenvalue weighted by molar-refractivity contribution is 0.173. The molecule has 2 aromatic rings. The summed E-state index contributed by atoms with van der Waals surface area (Å²) in [5.74, 6) is 0. The Kier molecular flexibility index (Phi) is 4.69.